The first-order valence-electron chi connectivity index (χ1n) is 3.64. The zero-order valence-corrected chi connectivity index (χ0v) is 6.90. The van der Waals surface area contributed by atoms with Crippen molar-refractivity contribution < 1.29 is 9.84 Å². The number of aromatic nitrogens is 1. The van der Waals surface area contributed by atoms with Crippen molar-refractivity contribution in [3.05, 3.63) is 24.0 Å². The molecule has 12 heavy (non-hydrogen) atoms. The van der Waals surface area contributed by atoms with Crippen LogP contribution in [0.1, 0.15) is 11.7 Å². The monoisotopic (exact) mass is 168 g/mol. The average Bonchev–Trinajstić information content (AvgIpc) is 2.05. The highest BCUT2D eigenvalue weighted by Crippen LogP contribution is 2.18. The Morgan fingerprint density at radius 2 is 2.50 bits per heavy atom. The van der Waals surface area contributed by atoms with Crippen LogP contribution in [0.3, 0.4) is 0 Å². The third-order valence-corrected chi connectivity index (χ3v) is 1.51. The number of hydrogen-bond donors (Lipinski definition) is 2. The van der Waals surface area contributed by atoms with Gasteiger partial charge in [-0.15, -0.1) is 0 Å². The molecule has 1 aromatic rings. The topological polar surface area (TPSA) is 68.4 Å². The van der Waals surface area contributed by atoms with E-state index in [0.717, 1.165) is 0 Å². The second kappa shape index (κ2) is 4.04. The van der Waals surface area contributed by atoms with Crippen LogP contribution >= 0.6 is 0 Å². The number of rotatable bonds is 3. The standard InChI is InChI=1S/C8H12N2O2/c1-12-5-6(9)8-7(11)3-2-4-10-8/h2-4,6,11H,5,9H2,1H3. The highest BCUT2D eigenvalue weighted by Gasteiger charge is 2.10. The summed E-state index contributed by atoms with van der Waals surface area (Å²) in [6.07, 6.45) is 1.59. The predicted molar refractivity (Wildman–Crippen MR) is 44.7 cm³/mol. The number of pyridine rings is 1. The third kappa shape index (κ3) is 1.93. The Labute approximate surface area is 71.0 Å². The molecule has 0 aromatic carbocycles. The van der Waals surface area contributed by atoms with Crippen LogP contribution in [0.2, 0.25) is 0 Å². The Morgan fingerprint density at radius 3 is 3.08 bits per heavy atom. The Hall–Kier alpha value is -1.13. The molecule has 1 aromatic heterocycles. The number of nitrogens with two attached hydrogens (primary N) is 1. The summed E-state index contributed by atoms with van der Waals surface area (Å²) in [5.74, 6) is 0.113. The van der Waals surface area contributed by atoms with Gasteiger partial charge < -0.3 is 15.6 Å². The maximum absolute atomic E-state index is 9.31. The molecule has 4 nitrogen and oxygen atoms in total. The van der Waals surface area contributed by atoms with Crippen LogP contribution in [-0.2, 0) is 4.74 Å². The molecule has 0 aliphatic rings. The molecule has 66 valence electrons. The molecule has 1 atom stereocenters. The van der Waals surface area contributed by atoms with Crippen LogP contribution < -0.4 is 5.73 Å². The van der Waals surface area contributed by atoms with Gasteiger partial charge in [-0.05, 0) is 12.1 Å². The van der Waals surface area contributed by atoms with Crippen LogP contribution in [-0.4, -0.2) is 23.8 Å². The molecule has 0 aliphatic carbocycles. The summed E-state index contributed by atoms with van der Waals surface area (Å²) >= 11 is 0. The van der Waals surface area contributed by atoms with Gasteiger partial charge in [-0.2, -0.15) is 0 Å². The van der Waals surface area contributed by atoms with Crippen LogP contribution in [0.15, 0.2) is 18.3 Å². The zero-order chi connectivity index (χ0) is 8.97. The molecule has 0 radical (unpaired) electrons. The molecule has 0 amide bonds. The van der Waals surface area contributed by atoms with E-state index in [4.69, 9.17) is 10.5 Å². The van der Waals surface area contributed by atoms with E-state index in [1.807, 2.05) is 0 Å². The van der Waals surface area contributed by atoms with Gasteiger partial charge in [0.15, 0.2) is 0 Å². The Kier molecular flexibility index (Phi) is 3.01. The van der Waals surface area contributed by atoms with Gasteiger partial charge in [0.05, 0.1) is 12.6 Å². The van der Waals surface area contributed by atoms with Crippen molar-refractivity contribution in [2.75, 3.05) is 13.7 Å². The molecule has 0 saturated carbocycles. The summed E-state index contributed by atoms with van der Waals surface area (Å²) in [5.41, 5.74) is 6.13. The fourth-order valence-electron chi connectivity index (χ4n) is 0.953. The van der Waals surface area contributed by atoms with E-state index in [1.165, 1.54) is 0 Å². The molecule has 0 bridgehead atoms. The minimum atomic E-state index is -0.365. The van der Waals surface area contributed by atoms with E-state index in [0.29, 0.717) is 12.3 Å². The van der Waals surface area contributed by atoms with Crippen molar-refractivity contribution in [3.8, 4) is 5.75 Å². The molecular weight excluding hydrogens is 156 g/mol. The van der Waals surface area contributed by atoms with Crippen molar-refractivity contribution in [1.82, 2.24) is 4.98 Å². The molecule has 1 unspecified atom stereocenters. The molecule has 0 saturated heterocycles. The number of hydrogen-bond acceptors (Lipinski definition) is 4. The second-order valence-corrected chi connectivity index (χ2v) is 2.47. The van der Waals surface area contributed by atoms with Crippen LogP contribution in [0.5, 0.6) is 5.75 Å². The van der Waals surface area contributed by atoms with Crippen LogP contribution in [0.4, 0.5) is 0 Å². The lowest BCUT2D eigenvalue weighted by Crippen LogP contribution is -2.17. The normalized spacial score (nSPS) is 12.8. The Morgan fingerprint density at radius 1 is 1.75 bits per heavy atom. The summed E-state index contributed by atoms with van der Waals surface area (Å²) in [7, 11) is 1.56. The number of methoxy groups -OCH3 is 1. The van der Waals surface area contributed by atoms with Crippen molar-refractivity contribution in [3.63, 3.8) is 0 Å². The van der Waals surface area contributed by atoms with E-state index in [-0.39, 0.29) is 11.8 Å². The number of ether oxygens (including phenoxy) is 1. The Balaban J connectivity index is 2.79. The maximum Gasteiger partial charge on any atom is 0.138 e. The van der Waals surface area contributed by atoms with Gasteiger partial charge in [0.25, 0.3) is 0 Å². The van der Waals surface area contributed by atoms with Crippen molar-refractivity contribution >= 4 is 0 Å². The zero-order valence-electron chi connectivity index (χ0n) is 6.90. The molecule has 3 N–H and O–H groups in total. The maximum atomic E-state index is 9.31. The van der Waals surface area contributed by atoms with E-state index >= 15 is 0 Å². The van der Waals surface area contributed by atoms with Gasteiger partial charge in [-0.25, -0.2) is 0 Å². The first-order chi connectivity index (χ1) is 5.75. The largest absolute Gasteiger partial charge is 0.506 e. The summed E-state index contributed by atoms with van der Waals surface area (Å²) in [4.78, 5) is 3.94. The highest BCUT2D eigenvalue weighted by atomic mass is 16.5. The molecule has 1 heterocycles. The molecule has 4 heteroatoms. The molecular formula is C8H12N2O2. The quantitative estimate of drug-likeness (QED) is 0.686. The van der Waals surface area contributed by atoms with Gasteiger partial charge in [0.1, 0.15) is 11.4 Å². The lowest BCUT2D eigenvalue weighted by molar-refractivity contribution is 0.178. The fourth-order valence-corrected chi connectivity index (χ4v) is 0.953. The summed E-state index contributed by atoms with van der Waals surface area (Å²) in [6, 6.07) is 2.84. The number of aromatic hydroxyl groups is 1. The molecule has 1 rings (SSSR count). The van der Waals surface area contributed by atoms with E-state index in [9.17, 15) is 5.11 Å². The van der Waals surface area contributed by atoms with Gasteiger partial charge in [-0.3, -0.25) is 4.98 Å². The predicted octanol–water partition coefficient (Wildman–Crippen LogP) is 0.433. The van der Waals surface area contributed by atoms with Crippen molar-refractivity contribution in [2.45, 2.75) is 6.04 Å². The van der Waals surface area contributed by atoms with Gasteiger partial charge in [0, 0.05) is 13.3 Å². The van der Waals surface area contributed by atoms with Crippen molar-refractivity contribution in [1.29, 1.82) is 0 Å². The smallest absolute Gasteiger partial charge is 0.138 e. The minimum absolute atomic E-state index is 0.113. The first-order valence-corrected chi connectivity index (χ1v) is 3.64. The molecule has 0 fully saturated rings. The van der Waals surface area contributed by atoms with Gasteiger partial charge in [0.2, 0.25) is 0 Å². The molecule has 0 aliphatic heterocycles. The van der Waals surface area contributed by atoms with Gasteiger partial charge in [-0.1, -0.05) is 0 Å². The lowest BCUT2D eigenvalue weighted by Gasteiger charge is -2.10. The van der Waals surface area contributed by atoms with E-state index in [2.05, 4.69) is 4.98 Å². The fraction of sp³-hybridized carbons (Fsp3) is 0.375. The average molecular weight is 168 g/mol. The van der Waals surface area contributed by atoms with Crippen LogP contribution in [0.25, 0.3) is 0 Å². The van der Waals surface area contributed by atoms with Gasteiger partial charge >= 0.3 is 0 Å². The summed E-state index contributed by atoms with van der Waals surface area (Å²) < 4.78 is 4.84. The summed E-state index contributed by atoms with van der Waals surface area (Å²) in [5, 5.41) is 9.31. The first kappa shape index (κ1) is 8.96. The van der Waals surface area contributed by atoms with Crippen LogP contribution in [0, 0.1) is 0 Å². The Bertz CT molecular complexity index is 253. The lowest BCUT2D eigenvalue weighted by atomic mass is 10.2. The second-order valence-electron chi connectivity index (χ2n) is 2.47. The minimum Gasteiger partial charge on any atom is -0.506 e. The van der Waals surface area contributed by atoms with E-state index < -0.39 is 0 Å². The number of nitrogens with zero attached hydrogens (tertiary/aromatic N) is 1. The SMILES string of the molecule is COCC(N)c1ncccc1O. The highest BCUT2D eigenvalue weighted by molar-refractivity contribution is 5.27. The summed E-state index contributed by atoms with van der Waals surface area (Å²) in [6.45, 7) is 0.352. The molecule has 0 spiro atoms. The van der Waals surface area contributed by atoms with E-state index in [1.54, 1.807) is 25.4 Å². The van der Waals surface area contributed by atoms with Crippen molar-refractivity contribution in [2.24, 2.45) is 5.73 Å². The third-order valence-electron chi connectivity index (χ3n) is 1.51.